The molecule has 1 aromatic heterocycles. The zero-order chi connectivity index (χ0) is 9.80. The van der Waals surface area contributed by atoms with Crippen LogP contribution in [0.4, 0.5) is 0 Å². The van der Waals surface area contributed by atoms with Crippen molar-refractivity contribution in [1.29, 1.82) is 0 Å². The lowest BCUT2D eigenvalue weighted by Gasteiger charge is -2.26. The van der Waals surface area contributed by atoms with Gasteiger partial charge in [0.05, 0.1) is 0 Å². The molecule has 0 spiro atoms. The molecule has 0 atom stereocenters. The Labute approximate surface area is 84.5 Å². The highest BCUT2D eigenvalue weighted by atomic mass is 15.5. The molecule has 0 amide bonds. The molecule has 0 radical (unpaired) electrons. The third-order valence-corrected chi connectivity index (χ3v) is 3.27. The maximum atomic E-state index is 4.06. The van der Waals surface area contributed by atoms with Crippen molar-refractivity contribution in [3.63, 3.8) is 0 Å². The summed E-state index contributed by atoms with van der Waals surface area (Å²) in [5.41, 5.74) is 0. The van der Waals surface area contributed by atoms with E-state index < -0.39 is 0 Å². The summed E-state index contributed by atoms with van der Waals surface area (Å²) in [5.74, 6) is 2.42. The van der Waals surface area contributed by atoms with Gasteiger partial charge in [0, 0.05) is 5.92 Å². The maximum Gasteiger partial charge on any atom is 0.177 e. The number of aromatic nitrogens is 4. The highest BCUT2D eigenvalue weighted by molar-refractivity contribution is 4.93. The number of aromatic amines is 1. The van der Waals surface area contributed by atoms with E-state index in [0.29, 0.717) is 5.92 Å². The van der Waals surface area contributed by atoms with Crippen molar-refractivity contribution in [2.45, 2.75) is 51.4 Å². The Morgan fingerprint density at radius 1 is 1.29 bits per heavy atom. The molecule has 14 heavy (non-hydrogen) atoms. The van der Waals surface area contributed by atoms with Gasteiger partial charge in [-0.2, -0.15) is 5.21 Å². The Bertz CT molecular complexity index is 249. The molecule has 1 saturated carbocycles. The molecule has 1 N–H and O–H groups in total. The molecule has 1 aromatic rings. The third kappa shape index (κ3) is 2.11. The summed E-state index contributed by atoms with van der Waals surface area (Å²) in [6.45, 7) is 2.27. The first kappa shape index (κ1) is 9.62. The van der Waals surface area contributed by atoms with Gasteiger partial charge in [-0.25, -0.2) is 0 Å². The quantitative estimate of drug-likeness (QED) is 0.803. The molecule has 0 unspecified atom stereocenters. The van der Waals surface area contributed by atoms with Gasteiger partial charge < -0.3 is 0 Å². The van der Waals surface area contributed by atoms with E-state index in [9.17, 15) is 0 Å². The Hall–Kier alpha value is -0.930. The zero-order valence-corrected chi connectivity index (χ0v) is 8.74. The SMILES string of the molecule is CCCC1CCC(c2nn[nH]n2)CC1. The molecule has 78 valence electrons. The minimum atomic E-state index is 0.557. The molecule has 1 fully saturated rings. The van der Waals surface area contributed by atoms with Crippen LogP contribution in [0.5, 0.6) is 0 Å². The standard InChI is InChI=1S/C10H18N4/c1-2-3-8-4-6-9(7-5-8)10-11-13-14-12-10/h8-9H,2-7H2,1H3,(H,11,12,13,14). The summed E-state index contributed by atoms with van der Waals surface area (Å²) in [7, 11) is 0. The molecule has 1 aliphatic carbocycles. The Morgan fingerprint density at radius 2 is 2.07 bits per heavy atom. The number of H-pyrrole nitrogens is 1. The highest BCUT2D eigenvalue weighted by Crippen LogP contribution is 2.35. The van der Waals surface area contributed by atoms with Gasteiger partial charge in [-0.1, -0.05) is 25.0 Å². The molecule has 0 bridgehead atoms. The summed E-state index contributed by atoms with van der Waals surface area (Å²) in [6.07, 6.45) is 7.87. The summed E-state index contributed by atoms with van der Waals surface area (Å²) in [6, 6.07) is 0. The fourth-order valence-corrected chi connectivity index (χ4v) is 2.46. The number of rotatable bonds is 3. The molecule has 4 heteroatoms. The van der Waals surface area contributed by atoms with Crippen LogP contribution in [0.25, 0.3) is 0 Å². The van der Waals surface area contributed by atoms with E-state index in [-0.39, 0.29) is 0 Å². The Kier molecular flexibility index (Phi) is 3.11. The van der Waals surface area contributed by atoms with Gasteiger partial charge in [-0.3, -0.25) is 0 Å². The summed E-state index contributed by atoms with van der Waals surface area (Å²) < 4.78 is 0. The molecule has 1 aliphatic rings. The lowest BCUT2D eigenvalue weighted by molar-refractivity contribution is 0.302. The summed E-state index contributed by atoms with van der Waals surface area (Å²) >= 11 is 0. The van der Waals surface area contributed by atoms with E-state index in [2.05, 4.69) is 27.5 Å². The van der Waals surface area contributed by atoms with Gasteiger partial charge in [-0.05, 0) is 31.6 Å². The molecule has 0 aromatic carbocycles. The lowest BCUT2D eigenvalue weighted by Crippen LogP contribution is -2.14. The molecular formula is C10H18N4. The number of tetrazole rings is 1. The summed E-state index contributed by atoms with van der Waals surface area (Å²) in [5, 5.41) is 14.3. The summed E-state index contributed by atoms with van der Waals surface area (Å²) in [4.78, 5) is 0. The van der Waals surface area contributed by atoms with Crippen molar-refractivity contribution < 1.29 is 0 Å². The minimum Gasteiger partial charge on any atom is -0.177 e. The molecule has 4 nitrogen and oxygen atoms in total. The number of hydrogen-bond donors (Lipinski definition) is 1. The van der Waals surface area contributed by atoms with E-state index in [1.54, 1.807) is 0 Å². The van der Waals surface area contributed by atoms with E-state index in [1.807, 2.05) is 0 Å². The van der Waals surface area contributed by atoms with Gasteiger partial charge in [-0.15, -0.1) is 10.2 Å². The molecule has 1 heterocycles. The molecule has 2 rings (SSSR count). The van der Waals surface area contributed by atoms with E-state index in [0.717, 1.165) is 11.7 Å². The number of hydrogen-bond acceptors (Lipinski definition) is 3. The second kappa shape index (κ2) is 4.53. The monoisotopic (exact) mass is 194 g/mol. The smallest absolute Gasteiger partial charge is 0.177 e. The van der Waals surface area contributed by atoms with Gasteiger partial charge in [0.25, 0.3) is 0 Å². The predicted molar refractivity (Wildman–Crippen MR) is 53.8 cm³/mol. The second-order valence-electron chi connectivity index (χ2n) is 4.28. The second-order valence-corrected chi connectivity index (χ2v) is 4.28. The maximum absolute atomic E-state index is 4.06. The first-order chi connectivity index (χ1) is 6.90. The van der Waals surface area contributed by atoms with Crippen LogP contribution in [0.15, 0.2) is 0 Å². The topological polar surface area (TPSA) is 54.5 Å². The minimum absolute atomic E-state index is 0.557. The van der Waals surface area contributed by atoms with Crippen molar-refractivity contribution in [2.24, 2.45) is 5.92 Å². The molecule has 0 saturated heterocycles. The lowest BCUT2D eigenvalue weighted by atomic mass is 9.80. The average molecular weight is 194 g/mol. The van der Waals surface area contributed by atoms with Gasteiger partial charge in [0.15, 0.2) is 5.82 Å². The zero-order valence-electron chi connectivity index (χ0n) is 8.74. The Morgan fingerprint density at radius 3 is 2.64 bits per heavy atom. The van der Waals surface area contributed by atoms with Crippen LogP contribution in [-0.2, 0) is 0 Å². The fourth-order valence-electron chi connectivity index (χ4n) is 2.46. The van der Waals surface area contributed by atoms with Crippen LogP contribution in [0.3, 0.4) is 0 Å². The van der Waals surface area contributed by atoms with Crippen LogP contribution < -0.4 is 0 Å². The molecular weight excluding hydrogens is 176 g/mol. The first-order valence-electron chi connectivity index (χ1n) is 5.63. The normalized spacial score (nSPS) is 27.8. The van der Waals surface area contributed by atoms with Crippen molar-refractivity contribution in [3.05, 3.63) is 5.82 Å². The van der Waals surface area contributed by atoms with Crippen LogP contribution in [0, 0.1) is 5.92 Å². The Balaban J connectivity index is 1.84. The predicted octanol–water partition coefficient (Wildman–Crippen LogP) is 2.27. The van der Waals surface area contributed by atoms with Crippen molar-refractivity contribution in [2.75, 3.05) is 0 Å². The number of nitrogens with one attached hydrogen (secondary N) is 1. The van der Waals surface area contributed by atoms with Gasteiger partial charge >= 0.3 is 0 Å². The van der Waals surface area contributed by atoms with Crippen LogP contribution in [0.2, 0.25) is 0 Å². The van der Waals surface area contributed by atoms with Crippen molar-refractivity contribution in [1.82, 2.24) is 20.6 Å². The van der Waals surface area contributed by atoms with Crippen molar-refractivity contribution >= 4 is 0 Å². The third-order valence-electron chi connectivity index (χ3n) is 3.27. The first-order valence-corrected chi connectivity index (χ1v) is 5.63. The largest absolute Gasteiger partial charge is 0.177 e. The van der Waals surface area contributed by atoms with Crippen LogP contribution >= 0.6 is 0 Å². The molecule has 0 aliphatic heterocycles. The highest BCUT2D eigenvalue weighted by Gasteiger charge is 2.24. The van der Waals surface area contributed by atoms with E-state index in [4.69, 9.17) is 0 Å². The number of nitrogens with zero attached hydrogens (tertiary/aromatic N) is 3. The van der Waals surface area contributed by atoms with Crippen molar-refractivity contribution in [3.8, 4) is 0 Å². The van der Waals surface area contributed by atoms with Gasteiger partial charge in [0.2, 0.25) is 0 Å². The van der Waals surface area contributed by atoms with Crippen LogP contribution in [0.1, 0.15) is 57.2 Å². The van der Waals surface area contributed by atoms with Crippen LogP contribution in [-0.4, -0.2) is 20.6 Å². The van der Waals surface area contributed by atoms with Gasteiger partial charge in [0.1, 0.15) is 0 Å². The van der Waals surface area contributed by atoms with E-state index >= 15 is 0 Å². The fraction of sp³-hybridized carbons (Fsp3) is 0.900. The average Bonchev–Trinajstić information content (AvgIpc) is 2.72. The van der Waals surface area contributed by atoms with E-state index in [1.165, 1.54) is 38.5 Å².